The van der Waals surface area contributed by atoms with Crippen molar-refractivity contribution in [3.05, 3.63) is 96.6 Å². The summed E-state index contributed by atoms with van der Waals surface area (Å²) in [7, 11) is 0. The minimum atomic E-state index is -0.684. The van der Waals surface area contributed by atoms with Crippen LogP contribution in [0.5, 0.6) is 0 Å². The van der Waals surface area contributed by atoms with Crippen LogP contribution in [-0.4, -0.2) is 25.8 Å². The van der Waals surface area contributed by atoms with E-state index in [-0.39, 0.29) is 5.91 Å². The van der Waals surface area contributed by atoms with Gasteiger partial charge in [-0.3, -0.25) is 4.79 Å². The summed E-state index contributed by atoms with van der Waals surface area (Å²) in [6.07, 6.45) is 5.06. The summed E-state index contributed by atoms with van der Waals surface area (Å²) in [6, 6.07) is 22.6. The van der Waals surface area contributed by atoms with Crippen LogP contribution < -0.4 is 10.6 Å². The predicted octanol–water partition coefficient (Wildman–Crippen LogP) is 5.82. The fourth-order valence-corrected chi connectivity index (χ4v) is 3.91. The van der Waals surface area contributed by atoms with E-state index in [0.717, 1.165) is 33.5 Å². The Labute approximate surface area is 208 Å². The van der Waals surface area contributed by atoms with Gasteiger partial charge in [-0.1, -0.05) is 18.2 Å². The van der Waals surface area contributed by atoms with Crippen LogP contribution in [0.15, 0.2) is 85.5 Å². The number of carbonyl (C=O) groups excluding carboxylic acids is 1. The molecule has 0 aliphatic heterocycles. The number of carbonyl (C=O) groups is 1. The highest BCUT2D eigenvalue weighted by atomic mass is 16.1. The first kappa shape index (κ1) is 22.7. The largest absolute Gasteiger partial charge is 0.346 e. The van der Waals surface area contributed by atoms with E-state index < -0.39 is 5.41 Å². The molecule has 0 atom stereocenters. The average molecular weight is 474 g/mol. The second-order valence-corrected chi connectivity index (χ2v) is 8.84. The third-order valence-electron chi connectivity index (χ3n) is 5.93. The third kappa shape index (κ3) is 4.50. The predicted molar refractivity (Wildman–Crippen MR) is 140 cm³/mol. The molecule has 0 saturated heterocycles. The van der Waals surface area contributed by atoms with Crippen LogP contribution in [0.25, 0.3) is 22.3 Å². The molecular weight excluding hydrogens is 450 g/mol. The maximum Gasteiger partial charge on any atom is 0.255 e. The van der Waals surface area contributed by atoms with E-state index in [1.165, 1.54) is 6.33 Å². The second kappa shape index (κ2) is 9.31. The number of nitrogens with one attached hydrogen (secondary N) is 3. The molecular formula is C28H23N7O. The molecule has 0 unspecified atom stereocenters. The number of anilines is 3. The molecule has 3 aromatic heterocycles. The van der Waals surface area contributed by atoms with Crippen molar-refractivity contribution in [2.75, 3.05) is 10.6 Å². The van der Waals surface area contributed by atoms with Crippen molar-refractivity contribution >= 4 is 34.1 Å². The highest BCUT2D eigenvalue weighted by molar-refractivity contribution is 6.04. The van der Waals surface area contributed by atoms with Gasteiger partial charge in [0.2, 0.25) is 0 Å². The lowest BCUT2D eigenvalue weighted by Gasteiger charge is -2.16. The molecule has 0 aliphatic carbocycles. The number of nitriles is 1. The zero-order valence-electron chi connectivity index (χ0n) is 19.8. The molecule has 8 nitrogen and oxygen atoms in total. The highest BCUT2D eigenvalue weighted by Gasteiger charge is 2.21. The van der Waals surface area contributed by atoms with Gasteiger partial charge in [0.15, 0.2) is 0 Å². The molecule has 1 amide bonds. The number of fused-ring (bicyclic) bond motifs is 1. The molecule has 5 aromatic rings. The van der Waals surface area contributed by atoms with Gasteiger partial charge in [0.1, 0.15) is 17.8 Å². The standard InChI is InChI=1S/C28H23N7O/c1-28(2,16-29)19-7-3-6-18(14-19)27(36)35-21-9-4-8-20(15-21)34-26-22(10-5-12-30-26)24-23-11-13-31-25(23)33-17-32-24/h3-15,17H,1-2H3,(H,30,34)(H,35,36)(H,31,32,33). The summed E-state index contributed by atoms with van der Waals surface area (Å²) in [5.41, 5.74) is 4.32. The summed E-state index contributed by atoms with van der Waals surface area (Å²) in [5, 5.41) is 16.6. The van der Waals surface area contributed by atoms with E-state index in [4.69, 9.17) is 0 Å². The molecule has 0 saturated carbocycles. The van der Waals surface area contributed by atoms with E-state index >= 15 is 0 Å². The Bertz CT molecular complexity index is 1610. The average Bonchev–Trinajstić information content (AvgIpc) is 3.39. The van der Waals surface area contributed by atoms with Crippen molar-refractivity contribution in [2.45, 2.75) is 19.3 Å². The molecule has 8 heteroatoms. The number of rotatable bonds is 6. The van der Waals surface area contributed by atoms with Crippen molar-refractivity contribution in [3.63, 3.8) is 0 Å². The molecule has 0 radical (unpaired) electrons. The Kier molecular flexibility index (Phi) is 5.88. The van der Waals surface area contributed by atoms with Gasteiger partial charge in [0.05, 0.1) is 17.2 Å². The Morgan fingerprint density at radius 3 is 2.67 bits per heavy atom. The Morgan fingerprint density at radius 2 is 1.81 bits per heavy atom. The zero-order chi connectivity index (χ0) is 25.1. The van der Waals surface area contributed by atoms with Crippen molar-refractivity contribution in [3.8, 4) is 17.3 Å². The number of H-pyrrole nitrogens is 1. The van der Waals surface area contributed by atoms with E-state index in [0.29, 0.717) is 17.1 Å². The van der Waals surface area contributed by atoms with Crippen LogP contribution in [-0.2, 0) is 5.41 Å². The lowest BCUT2D eigenvalue weighted by Crippen LogP contribution is -2.17. The van der Waals surface area contributed by atoms with E-state index in [9.17, 15) is 10.1 Å². The van der Waals surface area contributed by atoms with E-state index in [1.807, 2.05) is 68.6 Å². The fraction of sp³-hybridized carbons (Fsp3) is 0.107. The monoisotopic (exact) mass is 473 g/mol. The van der Waals surface area contributed by atoms with E-state index in [2.05, 4.69) is 36.6 Å². The van der Waals surface area contributed by atoms with Crippen LogP contribution in [0.4, 0.5) is 17.2 Å². The quantitative estimate of drug-likeness (QED) is 0.286. The molecule has 0 bridgehead atoms. The van der Waals surface area contributed by atoms with Crippen LogP contribution >= 0.6 is 0 Å². The SMILES string of the molecule is CC(C)(C#N)c1cccc(C(=O)Nc2cccc(Nc3ncccc3-c3ncnc4[nH]ccc34)c2)c1. The van der Waals surface area contributed by atoms with E-state index in [1.54, 1.807) is 24.4 Å². The van der Waals surface area contributed by atoms with Crippen LogP contribution in [0.3, 0.4) is 0 Å². The summed E-state index contributed by atoms with van der Waals surface area (Å²) in [6.45, 7) is 3.65. The minimum absolute atomic E-state index is 0.253. The number of aromatic amines is 1. The smallest absolute Gasteiger partial charge is 0.255 e. The lowest BCUT2D eigenvalue weighted by atomic mass is 9.85. The number of hydrogen-bond acceptors (Lipinski definition) is 6. The first-order valence-corrected chi connectivity index (χ1v) is 11.4. The molecule has 36 heavy (non-hydrogen) atoms. The van der Waals surface area contributed by atoms with Gasteiger partial charge < -0.3 is 15.6 Å². The first-order chi connectivity index (χ1) is 17.4. The van der Waals surface area contributed by atoms with Crippen molar-refractivity contribution in [1.82, 2.24) is 19.9 Å². The van der Waals surface area contributed by atoms with Gasteiger partial charge in [-0.25, -0.2) is 15.0 Å². The normalized spacial score (nSPS) is 11.1. The first-order valence-electron chi connectivity index (χ1n) is 11.4. The third-order valence-corrected chi connectivity index (χ3v) is 5.93. The van der Waals surface area contributed by atoms with Crippen molar-refractivity contribution in [1.29, 1.82) is 5.26 Å². The summed E-state index contributed by atoms with van der Waals surface area (Å²) in [5.74, 6) is 0.380. The minimum Gasteiger partial charge on any atom is -0.346 e. The van der Waals surface area contributed by atoms with Crippen molar-refractivity contribution in [2.24, 2.45) is 0 Å². The second-order valence-electron chi connectivity index (χ2n) is 8.84. The molecule has 0 aliphatic rings. The Hall–Kier alpha value is -5.03. The van der Waals surface area contributed by atoms with Crippen LogP contribution in [0, 0.1) is 11.3 Å². The Balaban J connectivity index is 1.39. The maximum absolute atomic E-state index is 12.9. The summed E-state index contributed by atoms with van der Waals surface area (Å²) >= 11 is 0. The van der Waals surface area contributed by atoms with Crippen LogP contribution in [0.2, 0.25) is 0 Å². The Morgan fingerprint density at radius 1 is 0.972 bits per heavy atom. The number of aromatic nitrogens is 4. The van der Waals surface area contributed by atoms with Crippen LogP contribution in [0.1, 0.15) is 29.8 Å². The molecule has 2 aromatic carbocycles. The topological polar surface area (TPSA) is 119 Å². The number of nitrogens with zero attached hydrogens (tertiary/aromatic N) is 4. The molecule has 5 rings (SSSR count). The summed E-state index contributed by atoms with van der Waals surface area (Å²) < 4.78 is 0. The molecule has 0 fully saturated rings. The number of amides is 1. The molecule has 176 valence electrons. The number of pyridine rings is 1. The van der Waals surface area contributed by atoms with Gasteiger partial charge >= 0.3 is 0 Å². The maximum atomic E-state index is 12.9. The zero-order valence-corrected chi connectivity index (χ0v) is 19.8. The lowest BCUT2D eigenvalue weighted by molar-refractivity contribution is 0.102. The molecule has 3 N–H and O–H groups in total. The number of benzene rings is 2. The fourth-order valence-electron chi connectivity index (χ4n) is 3.91. The molecule has 0 spiro atoms. The van der Waals surface area contributed by atoms with Gasteiger partial charge in [-0.05, 0) is 67.9 Å². The van der Waals surface area contributed by atoms with Crippen molar-refractivity contribution < 1.29 is 4.79 Å². The van der Waals surface area contributed by atoms with Gasteiger partial charge in [-0.2, -0.15) is 5.26 Å². The van der Waals surface area contributed by atoms with Gasteiger partial charge in [0.25, 0.3) is 5.91 Å². The summed E-state index contributed by atoms with van der Waals surface area (Å²) in [4.78, 5) is 29.3. The molecule has 3 heterocycles. The number of hydrogen-bond donors (Lipinski definition) is 3. The highest BCUT2D eigenvalue weighted by Crippen LogP contribution is 2.31. The van der Waals surface area contributed by atoms with Gasteiger partial charge in [-0.15, -0.1) is 0 Å². The van der Waals surface area contributed by atoms with Gasteiger partial charge in [0, 0.05) is 40.3 Å².